The van der Waals surface area contributed by atoms with E-state index in [4.69, 9.17) is 10.2 Å². The van der Waals surface area contributed by atoms with E-state index in [1.165, 1.54) is 0 Å². The van der Waals surface area contributed by atoms with E-state index in [0.29, 0.717) is 12.8 Å². The zero-order valence-corrected chi connectivity index (χ0v) is 12.1. The van der Waals surface area contributed by atoms with Gasteiger partial charge in [-0.15, -0.1) is 0 Å². The van der Waals surface area contributed by atoms with E-state index in [0.717, 1.165) is 12.8 Å². The summed E-state index contributed by atoms with van der Waals surface area (Å²) in [6.45, 7) is 0. The minimum atomic E-state index is -0.784. The Morgan fingerprint density at radius 2 is 1.08 bits per heavy atom. The number of unbranched alkanes of at least 4 members (excludes halogenated alkanes) is 3. The van der Waals surface area contributed by atoms with Crippen molar-refractivity contribution >= 4 is 60.8 Å². The number of hydrogen-bond donors (Lipinski definition) is 2. The van der Waals surface area contributed by atoms with Gasteiger partial charge in [-0.05, 0) is 12.8 Å². The Morgan fingerprint density at radius 3 is 1.31 bits per heavy atom. The van der Waals surface area contributed by atoms with Gasteiger partial charge in [-0.25, -0.2) is 0 Å². The Morgan fingerprint density at radius 1 is 0.769 bits per heavy atom. The molecule has 0 aliphatic carbocycles. The zero-order chi connectivity index (χ0) is 9.40. The summed E-state index contributed by atoms with van der Waals surface area (Å²) in [7, 11) is 0. The van der Waals surface area contributed by atoms with Crippen molar-refractivity contribution in [2.24, 2.45) is 0 Å². The number of aliphatic carboxylic acids is 2. The predicted octanol–water partition coefficient (Wildman–Crippen LogP) is 1.12. The summed E-state index contributed by atoms with van der Waals surface area (Å²) < 4.78 is 0. The van der Waals surface area contributed by atoms with Gasteiger partial charge in [0.1, 0.15) is 0 Å². The summed E-state index contributed by atoms with van der Waals surface area (Å²) in [4.78, 5) is 20.1. The Balaban J connectivity index is 0. The van der Waals surface area contributed by atoms with Gasteiger partial charge < -0.3 is 10.2 Å². The molecule has 0 aromatic heterocycles. The van der Waals surface area contributed by atoms with Crippen LogP contribution in [0.1, 0.15) is 38.5 Å². The standard InChI is InChI=1S/C8H14O4.Ba/c9-7(10)5-3-1-2-4-6-8(11)12;/h1-6H2,(H,9,10)(H,11,12);. The van der Waals surface area contributed by atoms with Gasteiger partial charge in [0.15, 0.2) is 0 Å². The topological polar surface area (TPSA) is 74.6 Å². The smallest absolute Gasteiger partial charge is 0.303 e. The van der Waals surface area contributed by atoms with Crippen molar-refractivity contribution in [3.05, 3.63) is 0 Å². The Hall–Kier alpha value is 0.511. The van der Waals surface area contributed by atoms with Crippen LogP contribution in [0.4, 0.5) is 0 Å². The van der Waals surface area contributed by atoms with Gasteiger partial charge in [-0.1, -0.05) is 12.8 Å². The van der Waals surface area contributed by atoms with Crippen LogP contribution in [0.5, 0.6) is 0 Å². The molecule has 0 aliphatic rings. The van der Waals surface area contributed by atoms with Gasteiger partial charge in [-0.3, -0.25) is 9.59 Å². The quantitative estimate of drug-likeness (QED) is 0.546. The van der Waals surface area contributed by atoms with Gasteiger partial charge in [0.05, 0.1) is 0 Å². The van der Waals surface area contributed by atoms with Crippen molar-refractivity contribution in [2.75, 3.05) is 0 Å². The molecule has 13 heavy (non-hydrogen) atoms. The molecule has 4 nitrogen and oxygen atoms in total. The molecule has 0 atom stereocenters. The molecule has 0 bridgehead atoms. The van der Waals surface area contributed by atoms with Crippen LogP contribution in [0, 0.1) is 0 Å². The summed E-state index contributed by atoms with van der Waals surface area (Å²) in [5.41, 5.74) is 0. The maximum atomic E-state index is 10.0. The summed E-state index contributed by atoms with van der Waals surface area (Å²) in [5.74, 6) is -1.57. The SMILES string of the molecule is O=C(O)CCCCCCC(=O)O.[Ba]. The molecule has 0 saturated heterocycles. The summed E-state index contributed by atoms with van der Waals surface area (Å²) in [6, 6.07) is 0. The normalized spacial score (nSPS) is 8.92. The van der Waals surface area contributed by atoms with Crippen molar-refractivity contribution in [3.63, 3.8) is 0 Å². The summed E-state index contributed by atoms with van der Waals surface area (Å²) in [6.07, 6.45) is 3.28. The van der Waals surface area contributed by atoms with Crippen LogP contribution in [0.15, 0.2) is 0 Å². The third kappa shape index (κ3) is 15.3. The molecule has 5 heteroatoms. The van der Waals surface area contributed by atoms with E-state index >= 15 is 0 Å². The molecule has 0 saturated carbocycles. The van der Waals surface area contributed by atoms with Crippen LogP contribution in [0.25, 0.3) is 0 Å². The molecule has 0 aromatic carbocycles. The monoisotopic (exact) mass is 312 g/mol. The molecule has 0 unspecified atom stereocenters. The van der Waals surface area contributed by atoms with E-state index in [9.17, 15) is 9.59 Å². The second kappa shape index (κ2) is 10.6. The molecular formula is C8H14BaO4. The van der Waals surface area contributed by atoms with Crippen LogP contribution >= 0.6 is 0 Å². The Labute approximate surface area is 118 Å². The third-order valence-electron chi connectivity index (χ3n) is 1.53. The molecule has 0 rings (SSSR count). The Bertz CT molecular complexity index is 140. The number of carboxylic acid groups (broad SMARTS) is 2. The molecule has 0 fully saturated rings. The van der Waals surface area contributed by atoms with Gasteiger partial charge in [0, 0.05) is 61.7 Å². The first-order chi connectivity index (χ1) is 5.63. The molecule has 2 radical (unpaired) electrons. The van der Waals surface area contributed by atoms with Crippen LogP contribution in [-0.4, -0.2) is 71.0 Å². The fourth-order valence-electron chi connectivity index (χ4n) is 0.906. The van der Waals surface area contributed by atoms with Gasteiger partial charge in [0.25, 0.3) is 0 Å². The van der Waals surface area contributed by atoms with Gasteiger partial charge in [0.2, 0.25) is 0 Å². The molecule has 0 aromatic rings. The molecule has 72 valence electrons. The molecule has 0 amide bonds. The predicted molar refractivity (Wildman–Crippen MR) is 48.7 cm³/mol. The number of rotatable bonds is 7. The van der Waals surface area contributed by atoms with Crippen molar-refractivity contribution in [3.8, 4) is 0 Å². The summed E-state index contributed by atoms with van der Waals surface area (Å²) >= 11 is 0. The molecule has 0 spiro atoms. The van der Waals surface area contributed by atoms with Crippen LogP contribution in [0.2, 0.25) is 0 Å². The molecule has 2 N–H and O–H groups in total. The van der Waals surface area contributed by atoms with Crippen LogP contribution in [-0.2, 0) is 9.59 Å². The average Bonchev–Trinajstić information content (AvgIpc) is 1.95. The second-order valence-electron chi connectivity index (χ2n) is 2.70. The van der Waals surface area contributed by atoms with E-state index in [2.05, 4.69) is 0 Å². The minimum Gasteiger partial charge on any atom is -0.481 e. The first kappa shape index (κ1) is 16.0. The molecule has 0 aliphatic heterocycles. The van der Waals surface area contributed by atoms with Crippen molar-refractivity contribution in [1.82, 2.24) is 0 Å². The van der Waals surface area contributed by atoms with Crippen molar-refractivity contribution < 1.29 is 19.8 Å². The Kier molecular flexibility index (Phi) is 13.0. The van der Waals surface area contributed by atoms with Crippen molar-refractivity contribution in [1.29, 1.82) is 0 Å². The van der Waals surface area contributed by atoms with E-state index in [1.54, 1.807) is 0 Å². The fourth-order valence-corrected chi connectivity index (χ4v) is 0.906. The largest absolute Gasteiger partial charge is 0.481 e. The fraction of sp³-hybridized carbons (Fsp3) is 0.750. The van der Waals surface area contributed by atoms with Crippen LogP contribution < -0.4 is 0 Å². The maximum absolute atomic E-state index is 10.0. The van der Waals surface area contributed by atoms with Gasteiger partial charge >= 0.3 is 11.9 Å². The zero-order valence-electron chi connectivity index (χ0n) is 7.66. The van der Waals surface area contributed by atoms with E-state index in [1.807, 2.05) is 0 Å². The number of carboxylic acids is 2. The first-order valence-electron chi connectivity index (χ1n) is 4.06. The maximum Gasteiger partial charge on any atom is 0.303 e. The first-order valence-corrected chi connectivity index (χ1v) is 4.06. The third-order valence-corrected chi connectivity index (χ3v) is 1.53. The van der Waals surface area contributed by atoms with Crippen molar-refractivity contribution in [2.45, 2.75) is 38.5 Å². The van der Waals surface area contributed by atoms with E-state index < -0.39 is 11.9 Å². The second-order valence-corrected chi connectivity index (χ2v) is 2.70. The molecular weight excluding hydrogens is 297 g/mol. The van der Waals surface area contributed by atoms with Crippen LogP contribution in [0.3, 0.4) is 0 Å². The van der Waals surface area contributed by atoms with Gasteiger partial charge in [-0.2, -0.15) is 0 Å². The number of carbonyl (C=O) groups is 2. The number of hydrogen-bond acceptors (Lipinski definition) is 2. The van der Waals surface area contributed by atoms with E-state index in [-0.39, 0.29) is 61.7 Å². The summed E-state index contributed by atoms with van der Waals surface area (Å²) in [5, 5.41) is 16.5. The molecule has 0 heterocycles. The minimum absolute atomic E-state index is 0. The average molecular weight is 312 g/mol.